The monoisotopic (exact) mass is 456 g/mol. The normalized spacial score (nSPS) is 10.9. The van der Waals surface area contributed by atoms with Gasteiger partial charge in [-0.05, 0) is 41.0 Å². The number of nitrogens with zero attached hydrogens (tertiary/aromatic N) is 3. The number of nitrogens with one attached hydrogen (secondary N) is 1. The molecule has 160 valence electrons. The number of H-pyrrole nitrogens is 1. The largest absolute Gasteiger partial charge is 1.00 e. The van der Waals surface area contributed by atoms with Crippen molar-refractivity contribution in [3.8, 4) is 22.3 Å². The van der Waals surface area contributed by atoms with E-state index >= 15 is 0 Å². The van der Waals surface area contributed by atoms with Gasteiger partial charge >= 0.3 is 29.6 Å². The summed E-state index contributed by atoms with van der Waals surface area (Å²) in [5, 5.41) is 21.8. The van der Waals surface area contributed by atoms with Gasteiger partial charge in [-0.25, -0.2) is 8.78 Å². The first kappa shape index (κ1) is 24.2. The van der Waals surface area contributed by atoms with E-state index in [1.165, 1.54) is 30.6 Å². The smallest absolute Gasteiger partial charge is 0.545 e. The average Bonchev–Trinajstić information content (AvgIpc) is 3.43. The topological polar surface area (TPSA) is 104 Å². The molecule has 0 saturated heterocycles. The number of aromatic nitrogens is 4. The molecule has 33 heavy (non-hydrogen) atoms. The Morgan fingerprint density at radius 3 is 2.33 bits per heavy atom. The molecule has 4 rings (SSSR count). The number of hydrogen-bond donors (Lipinski definition) is 1. The second-order valence-corrected chi connectivity index (χ2v) is 6.99. The first-order valence-corrected chi connectivity index (χ1v) is 9.38. The van der Waals surface area contributed by atoms with Crippen LogP contribution in [0.4, 0.5) is 8.78 Å². The van der Waals surface area contributed by atoms with Crippen molar-refractivity contribution in [2.45, 2.75) is 0 Å². The van der Waals surface area contributed by atoms with Crippen LogP contribution in [0.3, 0.4) is 0 Å². The maximum atomic E-state index is 14.5. The average molecular weight is 456 g/mol. The minimum absolute atomic E-state index is 0. The molecule has 0 aliphatic carbocycles. The minimum Gasteiger partial charge on any atom is -0.545 e. The van der Waals surface area contributed by atoms with Crippen molar-refractivity contribution in [1.29, 1.82) is 0 Å². The van der Waals surface area contributed by atoms with Crippen molar-refractivity contribution in [3.63, 3.8) is 0 Å². The Bertz CT molecular complexity index is 1340. The van der Waals surface area contributed by atoms with Crippen LogP contribution in [-0.2, 0) is 7.05 Å². The van der Waals surface area contributed by atoms with E-state index in [9.17, 15) is 23.5 Å². The van der Waals surface area contributed by atoms with Crippen molar-refractivity contribution >= 4 is 17.8 Å². The predicted octanol–water partition coefficient (Wildman–Crippen LogP) is 0.0190. The van der Waals surface area contributed by atoms with Crippen molar-refractivity contribution in [3.05, 3.63) is 89.5 Å². The van der Waals surface area contributed by atoms with E-state index in [1.807, 2.05) is 0 Å². The number of allylic oxidation sites excluding steroid dienone is 1. The summed E-state index contributed by atoms with van der Waals surface area (Å²) in [6.07, 6.45) is 8.31. The zero-order valence-electron chi connectivity index (χ0n) is 17.7. The van der Waals surface area contributed by atoms with Crippen LogP contribution in [0.25, 0.3) is 28.3 Å². The molecule has 4 aromatic rings. The minimum atomic E-state index is -1.45. The van der Waals surface area contributed by atoms with Crippen LogP contribution in [0.5, 0.6) is 0 Å². The molecule has 7 nitrogen and oxygen atoms in total. The van der Waals surface area contributed by atoms with E-state index in [0.717, 1.165) is 23.8 Å². The summed E-state index contributed by atoms with van der Waals surface area (Å²) in [6, 6.07) is 6.51. The summed E-state index contributed by atoms with van der Waals surface area (Å²) in [4.78, 5) is 24.0. The van der Waals surface area contributed by atoms with Crippen LogP contribution in [-0.4, -0.2) is 31.7 Å². The number of carbonyl (C=O) groups excluding carboxylic acids is 2. The molecule has 2 heterocycles. The molecule has 0 atom stereocenters. The maximum absolute atomic E-state index is 14.5. The molecule has 2 aromatic heterocycles. The molecule has 0 radical (unpaired) electrons. The summed E-state index contributed by atoms with van der Waals surface area (Å²) < 4.78 is 30.7. The van der Waals surface area contributed by atoms with Gasteiger partial charge in [0.15, 0.2) is 5.78 Å². The number of carboxylic acids is 1. The van der Waals surface area contributed by atoms with Gasteiger partial charge in [-0.3, -0.25) is 14.6 Å². The third-order valence-electron chi connectivity index (χ3n) is 4.84. The van der Waals surface area contributed by atoms with Gasteiger partial charge in [0.05, 0.1) is 23.9 Å². The number of benzene rings is 2. The van der Waals surface area contributed by atoms with Crippen molar-refractivity contribution in [2.24, 2.45) is 7.05 Å². The van der Waals surface area contributed by atoms with Crippen LogP contribution in [0, 0.1) is 11.6 Å². The second kappa shape index (κ2) is 10.0. The molecular formula is C23H15F2N4NaO3. The number of rotatable bonds is 6. The first-order chi connectivity index (χ1) is 15.3. The van der Waals surface area contributed by atoms with E-state index < -0.39 is 29.0 Å². The number of carboxylic acid groups (broad SMARTS) is 1. The number of aromatic amines is 1. The van der Waals surface area contributed by atoms with Gasteiger partial charge in [0.25, 0.3) is 0 Å². The maximum Gasteiger partial charge on any atom is 1.00 e. The molecule has 1 N–H and O–H groups in total. The van der Waals surface area contributed by atoms with Gasteiger partial charge < -0.3 is 9.90 Å². The molecule has 0 amide bonds. The van der Waals surface area contributed by atoms with Crippen molar-refractivity contribution in [2.75, 3.05) is 0 Å². The standard InChI is InChI=1S/C23H16F2N4O3.Na/c1-29-12-17(11-28-29)13-2-4-18(23(31)32)14(6-13)3-5-21(30)22-19(24)7-15(8-20(22)25)16-9-26-27-10-16;/h2-12H,1H3,(H,26,27)(H,31,32);/q;+1/p-1. The van der Waals surface area contributed by atoms with Gasteiger partial charge in [0.1, 0.15) is 11.6 Å². The van der Waals surface area contributed by atoms with Gasteiger partial charge in [0.2, 0.25) is 0 Å². The summed E-state index contributed by atoms with van der Waals surface area (Å²) >= 11 is 0. The van der Waals surface area contributed by atoms with Gasteiger partial charge in [0, 0.05) is 36.1 Å². The first-order valence-electron chi connectivity index (χ1n) is 9.38. The Hall–Kier alpha value is -3.40. The fourth-order valence-electron chi connectivity index (χ4n) is 3.27. The molecule has 0 unspecified atom stereocenters. The Labute approximate surface area is 209 Å². The third kappa shape index (κ3) is 5.16. The van der Waals surface area contributed by atoms with Crippen LogP contribution >= 0.6 is 0 Å². The fraction of sp³-hybridized carbons (Fsp3) is 0.0435. The molecule has 0 bridgehead atoms. The fourth-order valence-corrected chi connectivity index (χ4v) is 3.27. The molecule has 10 heteroatoms. The van der Waals surface area contributed by atoms with E-state index in [2.05, 4.69) is 15.3 Å². The molecule has 0 spiro atoms. The number of aromatic carboxylic acids is 1. The zero-order chi connectivity index (χ0) is 22.8. The Balaban J connectivity index is 0.00000306. The quantitative estimate of drug-likeness (QED) is 0.250. The molecular weight excluding hydrogens is 441 g/mol. The van der Waals surface area contributed by atoms with Crippen LogP contribution < -0.4 is 34.7 Å². The Morgan fingerprint density at radius 1 is 1.03 bits per heavy atom. The van der Waals surface area contributed by atoms with Crippen LogP contribution in [0.15, 0.2) is 61.2 Å². The van der Waals surface area contributed by atoms with E-state index in [0.29, 0.717) is 11.1 Å². The number of carbonyl (C=O) groups is 2. The summed E-state index contributed by atoms with van der Waals surface area (Å²) in [5.74, 6) is -4.48. The summed E-state index contributed by atoms with van der Waals surface area (Å²) in [6.45, 7) is 0. The van der Waals surface area contributed by atoms with Gasteiger partial charge in [-0.15, -0.1) is 0 Å². The number of ketones is 1. The molecule has 0 saturated carbocycles. The van der Waals surface area contributed by atoms with Crippen LogP contribution in [0.1, 0.15) is 26.3 Å². The molecule has 0 aliphatic heterocycles. The molecule has 0 fully saturated rings. The summed E-state index contributed by atoms with van der Waals surface area (Å²) in [5.41, 5.74) is 1.29. The molecule has 2 aromatic carbocycles. The van der Waals surface area contributed by atoms with E-state index in [4.69, 9.17) is 0 Å². The van der Waals surface area contributed by atoms with Crippen molar-refractivity contribution in [1.82, 2.24) is 20.0 Å². The third-order valence-corrected chi connectivity index (χ3v) is 4.84. The van der Waals surface area contributed by atoms with Gasteiger partial charge in [-0.2, -0.15) is 10.2 Å². The Morgan fingerprint density at radius 2 is 1.76 bits per heavy atom. The molecule has 0 aliphatic rings. The SMILES string of the molecule is Cn1cc(-c2ccc(C(=O)[O-])c(C=CC(=O)c3c(F)cc(-c4cn[nH]c4)cc3F)c2)cn1.[Na+]. The zero-order valence-corrected chi connectivity index (χ0v) is 19.7. The van der Waals surface area contributed by atoms with E-state index in [-0.39, 0.29) is 46.2 Å². The Kier molecular flexibility index (Phi) is 7.37. The predicted molar refractivity (Wildman–Crippen MR) is 110 cm³/mol. The van der Waals surface area contributed by atoms with E-state index in [1.54, 1.807) is 30.2 Å². The van der Waals surface area contributed by atoms with Gasteiger partial charge in [-0.1, -0.05) is 18.2 Å². The van der Waals surface area contributed by atoms with Crippen molar-refractivity contribution < 1.29 is 53.0 Å². The summed E-state index contributed by atoms with van der Waals surface area (Å²) in [7, 11) is 1.74. The second-order valence-electron chi connectivity index (χ2n) is 6.99. The number of halogens is 2. The number of hydrogen-bond acceptors (Lipinski definition) is 5. The number of aryl methyl sites for hydroxylation is 1. The van der Waals surface area contributed by atoms with Crippen LogP contribution in [0.2, 0.25) is 0 Å².